The fourth-order valence-corrected chi connectivity index (χ4v) is 2.93. The Kier molecular flexibility index (Phi) is 5.46. The molecular weight excluding hydrogens is 244 g/mol. The first-order valence-corrected chi connectivity index (χ1v) is 8.32. The van der Waals surface area contributed by atoms with Gasteiger partial charge in [-0.05, 0) is 25.2 Å². The molecule has 0 amide bonds. The van der Waals surface area contributed by atoms with E-state index in [1.807, 2.05) is 0 Å². The highest BCUT2D eigenvalue weighted by molar-refractivity contribution is 5.28. The number of H-pyrrole nitrogens is 1. The SMILES string of the molecule is CCCC(C)(C)c1nc(C(C)(CC)CC)[nH]c1C(C)C. The molecule has 116 valence electrons. The minimum atomic E-state index is 0.158. The maximum Gasteiger partial charge on any atom is 0.112 e. The Balaban J connectivity index is 3.35. The normalized spacial score (nSPS) is 13.2. The first kappa shape index (κ1) is 17.3. The maximum absolute atomic E-state index is 5.08. The predicted octanol–water partition coefficient (Wildman–Crippen LogP) is 5.69. The van der Waals surface area contributed by atoms with Crippen molar-refractivity contribution in [1.82, 2.24) is 9.97 Å². The Bertz CT molecular complexity index is 423. The molecule has 0 aliphatic heterocycles. The van der Waals surface area contributed by atoms with Crippen LogP contribution in [0.25, 0.3) is 0 Å². The molecule has 0 saturated carbocycles. The van der Waals surface area contributed by atoms with Gasteiger partial charge in [-0.25, -0.2) is 4.98 Å². The van der Waals surface area contributed by atoms with Gasteiger partial charge < -0.3 is 4.98 Å². The maximum atomic E-state index is 5.08. The molecule has 0 aromatic carbocycles. The van der Waals surface area contributed by atoms with E-state index in [1.165, 1.54) is 30.1 Å². The monoisotopic (exact) mass is 278 g/mol. The molecule has 0 saturated heterocycles. The molecule has 0 radical (unpaired) electrons. The Morgan fingerprint density at radius 3 is 2.00 bits per heavy atom. The van der Waals surface area contributed by atoms with Gasteiger partial charge in [0.25, 0.3) is 0 Å². The lowest BCUT2D eigenvalue weighted by Gasteiger charge is -2.25. The molecule has 0 spiro atoms. The molecule has 0 atom stereocenters. The molecule has 20 heavy (non-hydrogen) atoms. The summed E-state index contributed by atoms with van der Waals surface area (Å²) in [6.45, 7) is 18.3. The third-order valence-electron chi connectivity index (χ3n) is 4.96. The number of nitrogens with one attached hydrogen (secondary N) is 1. The summed E-state index contributed by atoms with van der Waals surface area (Å²) in [4.78, 5) is 8.76. The van der Waals surface area contributed by atoms with Crippen LogP contribution in [0.5, 0.6) is 0 Å². The minimum absolute atomic E-state index is 0.158. The van der Waals surface area contributed by atoms with E-state index in [0.29, 0.717) is 5.92 Å². The number of aromatic amines is 1. The van der Waals surface area contributed by atoms with Crippen LogP contribution in [-0.2, 0) is 10.8 Å². The Morgan fingerprint density at radius 1 is 1.05 bits per heavy atom. The van der Waals surface area contributed by atoms with Crippen LogP contribution in [0.1, 0.15) is 104 Å². The number of aromatic nitrogens is 2. The van der Waals surface area contributed by atoms with E-state index in [9.17, 15) is 0 Å². The van der Waals surface area contributed by atoms with Crippen LogP contribution >= 0.6 is 0 Å². The van der Waals surface area contributed by atoms with Crippen molar-refractivity contribution in [3.63, 3.8) is 0 Å². The molecule has 2 nitrogen and oxygen atoms in total. The lowest BCUT2D eigenvalue weighted by atomic mass is 9.82. The summed E-state index contributed by atoms with van der Waals surface area (Å²) in [5.74, 6) is 1.69. The van der Waals surface area contributed by atoms with Crippen molar-refractivity contribution < 1.29 is 0 Å². The first-order valence-electron chi connectivity index (χ1n) is 8.32. The summed E-state index contributed by atoms with van der Waals surface area (Å²) in [7, 11) is 0. The Labute approximate surface area is 125 Å². The van der Waals surface area contributed by atoms with Gasteiger partial charge in [0.05, 0.1) is 5.69 Å². The summed E-state index contributed by atoms with van der Waals surface area (Å²) < 4.78 is 0. The molecule has 2 heteroatoms. The molecule has 1 heterocycles. The second kappa shape index (κ2) is 6.32. The average Bonchev–Trinajstić information content (AvgIpc) is 2.84. The molecule has 0 aliphatic rings. The third-order valence-corrected chi connectivity index (χ3v) is 4.96. The summed E-state index contributed by atoms with van der Waals surface area (Å²) >= 11 is 0. The van der Waals surface area contributed by atoms with Gasteiger partial charge in [-0.2, -0.15) is 0 Å². The van der Waals surface area contributed by atoms with Gasteiger partial charge in [0, 0.05) is 16.5 Å². The molecule has 0 bridgehead atoms. The van der Waals surface area contributed by atoms with Gasteiger partial charge in [-0.15, -0.1) is 0 Å². The van der Waals surface area contributed by atoms with Crippen molar-refractivity contribution in [3.8, 4) is 0 Å². The van der Waals surface area contributed by atoms with E-state index in [0.717, 1.165) is 12.8 Å². The van der Waals surface area contributed by atoms with Crippen LogP contribution in [0.4, 0.5) is 0 Å². The van der Waals surface area contributed by atoms with Gasteiger partial charge in [-0.1, -0.05) is 61.8 Å². The van der Waals surface area contributed by atoms with Crippen molar-refractivity contribution in [3.05, 3.63) is 17.2 Å². The van der Waals surface area contributed by atoms with E-state index >= 15 is 0 Å². The third kappa shape index (κ3) is 3.27. The molecular formula is C18H34N2. The van der Waals surface area contributed by atoms with Crippen LogP contribution in [-0.4, -0.2) is 9.97 Å². The van der Waals surface area contributed by atoms with Gasteiger partial charge in [0.15, 0.2) is 0 Å². The van der Waals surface area contributed by atoms with Gasteiger partial charge in [0.1, 0.15) is 5.82 Å². The Hall–Kier alpha value is -0.790. The first-order chi connectivity index (χ1) is 9.21. The smallest absolute Gasteiger partial charge is 0.112 e. The van der Waals surface area contributed by atoms with Crippen LogP contribution in [0, 0.1) is 0 Å². The van der Waals surface area contributed by atoms with E-state index in [1.54, 1.807) is 0 Å². The zero-order chi connectivity index (χ0) is 15.6. The molecule has 1 N–H and O–H groups in total. The fraction of sp³-hybridized carbons (Fsp3) is 0.833. The van der Waals surface area contributed by atoms with E-state index in [4.69, 9.17) is 4.98 Å². The van der Waals surface area contributed by atoms with Gasteiger partial charge >= 0.3 is 0 Å². The van der Waals surface area contributed by atoms with Crippen LogP contribution in [0.15, 0.2) is 0 Å². The number of rotatable bonds is 7. The van der Waals surface area contributed by atoms with E-state index < -0.39 is 0 Å². The van der Waals surface area contributed by atoms with Crippen LogP contribution < -0.4 is 0 Å². The van der Waals surface area contributed by atoms with Crippen molar-refractivity contribution >= 4 is 0 Å². The highest BCUT2D eigenvalue weighted by Gasteiger charge is 2.32. The fourth-order valence-electron chi connectivity index (χ4n) is 2.93. The molecule has 1 aromatic heterocycles. The molecule has 0 unspecified atom stereocenters. The molecule has 1 rings (SSSR count). The van der Waals surface area contributed by atoms with E-state index in [2.05, 4.69) is 60.4 Å². The van der Waals surface area contributed by atoms with Gasteiger partial charge in [-0.3, -0.25) is 0 Å². The zero-order valence-electron chi connectivity index (χ0n) is 14.9. The number of hydrogen-bond donors (Lipinski definition) is 1. The topological polar surface area (TPSA) is 28.7 Å². The minimum Gasteiger partial charge on any atom is -0.345 e. The number of hydrogen-bond acceptors (Lipinski definition) is 1. The lowest BCUT2D eigenvalue weighted by Crippen LogP contribution is -2.23. The highest BCUT2D eigenvalue weighted by Crippen LogP contribution is 2.37. The quantitative estimate of drug-likeness (QED) is 0.682. The number of nitrogens with zero attached hydrogens (tertiary/aromatic N) is 1. The summed E-state index contributed by atoms with van der Waals surface area (Å²) in [6.07, 6.45) is 4.64. The van der Waals surface area contributed by atoms with Crippen molar-refractivity contribution in [2.45, 2.75) is 97.8 Å². The predicted molar refractivity (Wildman–Crippen MR) is 88.5 cm³/mol. The number of imidazole rings is 1. The van der Waals surface area contributed by atoms with Crippen molar-refractivity contribution in [2.24, 2.45) is 0 Å². The second-order valence-electron chi connectivity index (χ2n) is 7.40. The van der Waals surface area contributed by atoms with Gasteiger partial charge in [0.2, 0.25) is 0 Å². The average molecular weight is 278 g/mol. The lowest BCUT2D eigenvalue weighted by molar-refractivity contribution is 0.409. The zero-order valence-corrected chi connectivity index (χ0v) is 14.9. The second-order valence-corrected chi connectivity index (χ2v) is 7.40. The molecule has 0 aliphatic carbocycles. The molecule has 0 fully saturated rings. The largest absolute Gasteiger partial charge is 0.345 e. The van der Waals surface area contributed by atoms with Crippen molar-refractivity contribution in [2.75, 3.05) is 0 Å². The molecule has 1 aromatic rings. The summed E-state index contributed by atoms with van der Waals surface area (Å²) in [6, 6.07) is 0. The van der Waals surface area contributed by atoms with E-state index in [-0.39, 0.29) is 10.8 Å². The standard InChI is InChI=1S/C18H34N2/c1-9-12-17(6,7)15-14(13(4)5)19-16(20-15)18(8,10-2)11-3/h13H,9-12H2,1-8H3,(H,19,20). The van der Waals surface area contributed by atoms with Crippen LogP contribution in [0.3, 0.4) is 0 Å². The Morgan fingerprint density at radius 2 is 1.60 bits per heavy atom. The van der Waals surface area contributed by atoms with Crippen molar-refractivity contribution in [1.29, 1.82) is 0 Å². The summed E-state index contributed by atoms with van der Waals surface area (Å²) in [5.41, 5.74) is 2.96. The summed E-state index contributed by atoms with van der Waals surface area (Å²) in [5, 5.41) is 0. The highest BCUT2D eigenvalue weighted by atomic mass is 15.0. The van der Waals surface area contributed by atoms with Crippen LogP contribution in [0.2, 0.25) is 0 Å².